The van der Waals surface area contributed by atoms with Crippen molar-refractivity contribution in [1.29, 1.82) is 5.41 Å². The number of anilines is 1. The number of hydrogen-bond acceptors (Lipinski definition) is 5. The van der Waals surface area contributed by atoms with E-state index in [9.17, 15) is 0 Å². The monoisotopic (exact) mass is 423 g/mol. The summed E-state index contributed by atoms with van der Waals surface area (Å²) in [4.78, 5) is 2.80. The Bertz CT molecular complexity index is 931. The molecule has 30 heavy (non-hydrogen) atoms. The van der Waals surface area contributed by atoms with Crippen LogP contribution in [0.2, 0.25) is 0 Å². The van der Waals surface area contributed by atoms with Gasteiger partial charge in [-0.1, -0.05) is 0 Å². The molecule has 1 aromatic heterocycles. The van der Waals surface area contributed by atoms with E-state index in [-0.39, 0.29) is 0 Å². The van der Waals surface area contributed by atoms with Gasteiger partial charge in [-0.25, -0.2) is 0 Å². The van der Waals surface area contributed by atoms with Crippen LogP contribution >= 0.6 is 11.8 Å². The van der Waals surface area contributed by atoms with Crippen LogP contribution in [0, 0.1) is 24.2 Å². The molecular formula is C24H33N5S. The van der Waals surface area contributed by atoms with E-state index in [4.69, 9.17) is 11.1 Å². The highest BCUT2D eigenvalue weighted by Gasteiger charge is 2.43. The lowest BCUT2D eigenvalue weighted by Gasteiger charge is -2.31. The van der Waals surface area contributed by atoms with Gasteiger partial charge in [0.2, 0.25) is 0 Å². The summed E-state index contributed by atoms with van der Waals surface area (Å²) in [6, 6.07) is 5.11. The third kappa shape index (κ3) is 3.69. The molecule has 4 atom stereocenters. The number of aromatic nitrogens is 2. The molecule has 3 heterocycles. The number of aryl methyl sites for hydroxylation is 2. The normalized spacial score (nSPS) is 29.3. The van der Waals surface area contributed by atoms with Gasteiger partial charge in [-0.3, -0.25) is 15.0 Å². The van der Waals surface area contributed by atoms with Gasteiger partial charge in [0.25, 0.3) is 0 Å². The van der Waals surface area contributed by atoms with Gasteiger partial charge < -0.3 is 5.73 Å². The van der Waals surface area contributed by atoms with Crippen LogP contribution < -0.4 is 5.73 Å². The molecule has 0 bridgehead atoms. The predicted molar refractivity (Wildman–Crippen MR) is 126 cm³/mol. The second-order valence-electron chi connectivity index (χ2n) is 9.59. The van der Waals surface area contributed by atoms with Crippen LogP contribution in [0.5, 0.6) is 0 Å². The second-order valence-corrected chi connectivity index (χ2v) is 10.7. The van der Waals surface area contributed by atoms with Gasteiger partial charge in [0.15, 0.2) is 0 Å². The Labute approximate surface area is 183 Å². The number of hydrogen-bond donors (Lipinski definition) is 2. The second kappa shape index (κ2) is 8.04. The van der Waals surface area contributed by atoms with Gasteiger partial charge in [0.1, 0.15) is 0 Å². The molecular weight excluding hydrogens is 390 g/mol. The van der Waals surface area contributed by atoms with Crippen LogP contribution in [0.15, 0.2) is 24.5 Å². The fourth-order valence-electron chi connectivity index (χ4n) is 6.01. The lowest BCUT2D eigenvalue weighted by atomic mass is 9.88. The molecule has 2 aliphatic heterocycles. The molecule has 1 aliphatic carbocycles. The predicted octanol–water partition coefficient (Wildman–Crippen LogP) is 4.05. The number of nitrogens with zero attached hydrogens (tertiary/aromatic N) is 3. The number of nitrogens with one attached hydrogen (secondary N) is 1. The van der Waals surface area contributed by atoms with Crippen molar-refractivity contribution in [3.05, 3.63) is 46.8 Å². The van der Waals surface area contributed by atoms with Gasteiger partial charge in [0, 0.05) is 54.9 Å². The first-order chi connectivity index (χ1) is 14.5. The van der Waals surface area contributed by atoms with Crippen molar-refractivity contribution in [2.75, 3.05) is 30.3 Å². The average Bonchev–Trinajstić information content (AvgIpc) is 3.43. The minimum Gasteiger partial charge on any atom is -0.398 e. The summed E-state index contributed by atoms with van der Waals surface area (Å²) in [7, 11) is 1.88. The van der Waals surface area contributed by atoms with Crippen molar-refractivity contribution in [1.82, 2.24) is 14.7 Å². The van der Waals surface area contributed by atoms with Crippen LogP contribution in [0.3, 0.4) is 0 Å². The molecule has 0 spiro atoms. The summed E-state index contributed by atoms with van der Waals surface area (Å²) in [5, 5.41) is 12.9. The largest absolute Gasteiger partial charge is 0.398 e. The van der Waals surface area contributed by atoms with Crippen molar-refractivity contribution < 1.29 is 0 Å². The van der Waals surface area contributed by atoms with Gasteiger partial charge in [0.05, 0.1) is 11.9 Å². The van der Waals surface area contributed by atoms with Crippen molar-refractivity contribution >= 4 is 23.2 Å². The SMILES string of the molecule is Cc1cc(N)c(C(=N)c2cnn(C)c2)cc1C1C[C@@H]2CN(C3CCCSC3)C[C@@H]2C1. The van der Waals surface area contributed by atoms with Gasteiger partial charge in [-0.2, -0.15) is 16.9 Å². The fourth-order valence-corrected chi connectivity index (χ4v) is 7.20. The first-order valence-electron chi connectivity index (χ1n) is 11.3. The highest BCUT2D eigenvalue weighted by Crippen LogP contribution is 2.48. The zero-order chi connectivity index (χ0) is 20.8. The molecule has 5 nitrogen and oxygen atoms in total. The number of nitrogen functional groups attached to an aromatic ring is 1. The first kappa shape index (κ1) is 20.1. The standard InChI is InChI=1S/C24H33N5S/c1-15-6-23(25)22(24(26)19-10-27-28(2)11-19)9-21(15)16-7-17-12-29(13-18(17)8-16)20-4-3-5-30-14-20/h6,9-11,16-18,20,26H,3-5,7-8,12-14,25H2,1-2H3/t16?,17-,18+,20?. The molecule has 3 N–H and O–H groups in total. The van der Waals surface area contributed by atoms with Gasteiger partial charge >= 0.3 is 0 Å². The third-order valence-corrected chi connectivity index (χ3v) is 8.77. The van der Waals surface area contributed by atoms with Crippen LogP contribution in [0.4, 0.5) is 5.69 Å². The molecule has 2 aromatic rings. The molecule has 160 valence electrons. The highest BCUT2D eigenvalue weighted by molar-refractivity contribution is 7.99. The Hall–Kier alpha value is -1.79. The first-order valence-corrected chi connectivity index (χ1v) is 12.4. The van der Waals surface area contributed by atoms with Gasteiger partial charge in [-0.05, 0) is 79.4 Å². The zero-order valence-electron chi connectivity index (χ0n) is 18.1. The Morgan fingerprint density at radius 2 is 2.00 bits per heavy atom. The number of thioether (sulfide) groups is 1. The van der Waals surface area contributed by atoms with E-state index in [0.29, 0.717) is 17.3 Å². The van der Waals surface area contributed by atoms with E-state index in [2.05, 4.69) is 40.8 Å². The Morgan fingerprint density at radius 3 is 2.63 bits per heavy atom. The van der Waals surface area contributed by atoms with E-state index in [1.807, 2.05) is 13.2 Å². The smallest absolute Gasteiger partial charge is 0.0736 e. The van der Waals surface area contributed by atoms with Crippen LogP contribution in [-0.4, -0.2) is 51.0 Å². The van der Waals surface area contributed by atoms with E-state index in [0.717, 1.165) is 29.0 Å². The van der Waals surface area contributed by atoms with Crippen molar-refractivity contribution in [2.45, 2.75) is 44.6 Å². The molecule has 2 unspecified atom stereocenters. The lowest BCUT2D eigenvalue weighted by Crippen LogP contribution is -2.37. The zero-order valence-corrected chi connectivity index (χ0v) is 18.9. The van der Waals surface area contributed by atoms with Crippen LogP contribution in [0.1, 0.15) is 53.9 Å². The Balaban J connectivity index is 1.33. The summed E-state index contributed by atoms with van der Waals surface area (Å²) < 4.78 is 1.74. The van der Waals surface area contributed by atoms with Crippen molar-refractivity contribution in [3.8, 4) is 0 Å². The number of fused-ring (bicyclic) bond motifs is 1. The summed E-state index contributed by atoms with van der Waals surface area (Å²) >= 11 is 2.14. The van der Waals surface area contributed by atoms with E-state index in [1.54, 1.807) is 10.9 Å². The molecule has 3 fully saturated rings. The van der Waals surface area contributed by atoms with E-state index >= 15 is 0 Å². The molecule has 1 aromatic carbocycles. The van der Waals surface area contributed by atoms with Crippen molar-refractivity contribution in [3.63, 3.8) is 0 Å². The van der Waals surface area contributed by atoms with E-state index in [1.165, 1.54) is 61.4 Å². The number of likely N-dealkylation sites (tertiary alicyclic amines) is 1. The Morgan fingerprint density at radius 1 is 1.23 bits per heavy atom. The Kier molecular flexibility index (Phi) is 5.40. The number of rotatable bonds is 4. The average molecular weight is 424 g/mol. The minimum absolute atomic E-state index is 0.473. The fraction of sp³-hybridized carbons (Fsp3) is 0.583. The molecule has 6 heteroatoms. The van der Waals surface area contributed by atoms with E-state index < -0.39 is 0 Å². The van der Waals surface area contributed by atoms with Crippen LogP contribution in [0.25, 0.3) is 0 Å². The highest BCUT2D eigenvalue weighted by atomic mass is 32.2. The third-order valence-electron chi connectivity index (χ3n) is 7.57. The van der Waals surface area contributed by atoms with Crippen molar-refractivity contribution in [2.24, 2.45) is 18.9 Å². The molecule has 0 radical (unpaired) electrons. The molecule has 1 saturated carbocycles. The molecule has 5 rings (SSSR count). The summed E-state index contributed by atoms with van der Waals surface area (Å²) in [5.41, 5.74) is 11.9. The summed E-state index contributed by atoms with van der Waals surface area (Å²) in [6.07, 6.45) is 8.99. The van der Waals surface area contributed by atoms with Gasteiger partial charge in [-0.15, -0.1) is 0 Å². The maximum absolute atomic E-state index is 8.69. The maximum Gasteiger partial charge on any atom is 0.0736 e. The molecule has 2 saturated heterocycles. The quantitative estimate of drug-likeness (QED) is 0.575. The lowest BCUT2D eigenvalue weighted by molar-refractivity contribution is 0.226. The summed E-state index contributed by atoms with van der Waals surface area (Å²) in [5.74, 6) is 4.95. The summed E-state index contributed by atoms with van der Waals surface area (Å²) in [6.45, 7) is 4.76. The molecule has 3 aliphatic rings. The minimum atomic E-state index is 0.473. The van der Waals surface area contributed by atoms with Crippen LogP contribution in [-0.2, 0) is 7.05 Å². The number of benzene rings is 1. The topological polar surface area (TPSA) is 70.9 Å². The maximum atomic E-state index is 8.69. The number of nitrogens with two attached hydrogens (primary N) is 1. The molecule has 0 amide bonds.